The van der Waals surface area contributed by atoms with Gasteiger partial charge in [-0.25, -0.2) is 0 Å². The number of nitrogens with one attached hydrogen (secondary N) is 2. The number of benzene rings is 1. The summed E-state index contributed by atoms with van der Waals surface area (Å²) in [6.07, 6.45) is 0.467. The number of hydrogen-bond acceptors (Lipinski definition) is 6. The molecule has 0 atom stereocenters. The minimum atomic E-state index is -0.0485. The van der Waals surface area contributed by atoms with E-state index in [2.05, 4.69) is 31.8 Å². The Bertz CT molecular complexity index is 727. The fraction of sp³-hybridized carbons (Fsp3) is 0.421. The molecule has 0 bridgehead atoms. The summed E-state index contributed by atoms with van der Waals surface area (Å²) in [5.41, 5.74) is 2.09. The molecule has 138 valence electrons. The molecular formula is C19H25N5O2. The average molecular weight is 355 g/mol. The van der Waals surface area contributed by atoms with Crippen molar-refractivity contribution in [1.82, 2.24) is 10.2 Å². The van der Waals surface area contributed by atoms with Crippen LogP contribution in [0.4, 0.5) is 23.0 Å². The number of carbonyl (C=O) groups is 1. The Morgan fingerprint density at radius 1 is 1.12 bits per heavy atom. The molecule has 0 spiro atoms. The highest BCUT2D eigenvalue weighted by atomic mass is 16.5. The topological polar surface area (TPSA) is 79.4 Å². The van der Waals surface area contributed by atoms with E-state index in [1.165, 1.54) is 0 Å². The zero-order chi connectivity index (χ0) is 18.4. The average Bonchev–Trinajstić information content (AvgIpc) is 2.64. The summed E-state index contributed by atoms with van der Waals surface area (Å²) in [5, 5.41) is 14.3. The molecular weight excluding hydrogens is 330 g/mol. The Hall–Kier alpha value is -2.67. The van der Waals surface area contributed by atoms with Gasteiger partial charge in [-0.15, -0.1) is 10.2 Å². The third-order valence-electron chi connectivity index (χ3n) is 4.04. The molecule has 2 heterocycles. The first kappa shape index (κ1) is 18.1. The summed E-state index contributed by atoms with van der Waals surface area (Å²) < 4.78 is 5.43. The second-order valence-corrected chi connectivity index (χ2v) is 6.69. The maximum atomic E-state index is 11.8. The standard InChI is InChI=1S/C19H25N5O2/c1-14(2)13-19(25)21-18-8-7-17(22-23-18)20-15-5-3-4-6-16(15)24-9-11-26-12-10-24/h3-8,14H,9-13H2,1-2H3,(H,20,22)(H,21,23,25). The van der Waals surface area contributed by atoms with Crippen LogP contribution in [0.15, 0.2) is 36.4 Å². The van der Waals surface area contributed by atoms with Crippen molar-refractivity contribution in [2.75, 3.05) is 41.8 Å². The van der Waals surface area contributed by atoms with Gasteiger partial charge in [0.15, 0.2) is 11.6 Å². The molecule has 0 saturated carbocycles. The van der Waals surface area contributed by atoms with Crippen molar-refractivity contribution < 1.29 is 9.53 Å². The summed E-state index contributed by atoms with van der Waals surface area (Å²) in [5.74, 6) is 1.35. The number of ether oxygens (including phenoxy) is 1. The molecule has 26 heavy (non-hydrogen) atoms. The van der Waals surface area contributed by atoms with Crippen LogP contribution in [-0.4, -0.2) is 42.4 Å². The first-order chi connectivity index (χ1) is 12.6. The second kappa shape index (κ2) is 8.62. The summed E-state index contributed by atoms with van der Waals surface area (Å²) >= 11 is 0. The zero-order valence-electron chi connectivity index (χ0n) is 15.2. The molecule has 7 nitrogen and oxygen atoms in total. The fourth-order valence-electron chi connectivity index (χ4n) is 2.83. The summed E-state index contributed by atoms with van der Waals surface area (Å²) in [6.45, 7) is 7.21. The van der Waals surface area contributed by atoms with Gasteiger partial charge in [0.2, 0.25) is 5.91 Å². The van der Waals surface area contributed by atoms with Crippen molar-refractivity contribution in [2.24, 2.45) is 5.92 Å². The molecule has 1 saturated heterocycles. The Morgan fingerprint density at radius 2 is 1.81 bits per heavy atom. The number of aromatic nitrogens is 2. The van der Waals surface area contributed by atoms with E-state index < -0.39 is 0 Å². The van der Waals surface area contributed by atoms with Crippen LogP contribution in [-0.2, 0) is 9.53 Å². The molecule has 0 aliphatic carbocycles. The van der Waals surface area contributed by atoms with Crippen molar-refractivity contribution >= 4 is 28.9 Å². The molecule has 0 unspecified atom stereocenters. The number of carbonyl (C=O) groups excluding carboxylic acids is 1. The molecule has 1 aromatic heterocycles. The molecule has 1 fully saturated rings. The normalized spacial score (nSPS) is 14.3. The fourth-order valence-corrected chi connectivity index (χ4v) is 2.83. The van der Waals surface area contributed by atoms with Crippen LogP contribution in [0.3, 0.4) is 0 Å². The summed E-state index contributed by atoms with van der Waals surface area (Å²) in [4.78, 5) is 14.1. The van der Waals surface area contributed by atoms with E-state index in [-0.39, 0.29) is 5.91 Å². The minimum Gasteiger partial charge on any atom is -0.378 e. The zero-order valence-corrected chi connectivity index (χ0v) is 15.2. The van der Waals surface area contributed by atoms with Crippen LogP contribution >= 0.6 is 0 Å². The van der Waals surface area contributed by atoms with Gasteiger partial charge in [-0.1, -0.05) is 26.0 Å². The van der Waals surface area contributed by atoms with E-state index in [1.54, 1.807) is 6.07 Å². The second-order valence-electron chi connectivity index (χ2n) is 6.69. The van der Waals surface area contributed by atoms with Gasteiger partial charge in [-0.2, -0.15) is 0 Å². The molecule has 1 aromatic carbocycles. The van der Waals surface area contributed by atoms with Crippen molar-refractivity contribution in [1.29, 1.82) is 0 Å². The van der Waals surface area contributed by atoms with Gasteiger partial charge in [0, 0.05) is 19.5 Å². The molecule has 2 N–H and O–H groups in total. The Morgan fingerprint density at radius 3 is 2.50 bits per heavy atom. The smallest absolute Gasteiger partial charge is 0.225 e. The molecule has 1 aliphatic rings. The third-order valence-corrected chi connectivity index (χ3v) is 4.04. The van der Waals surface area contributed by atoms with Gasteiger partial charge in [0.1, 0.15) is 0 Å². The molecule has 2 aromatic rings. The van der Waals surface area contributed by atoms with Crippen LogP contribution in [0.2, 0.25) is 0 Å². The molecule has 1 amide bonds. The quantitative estimate of drug-likeness (QED) is 0.829. The van der Waals surface area contributed by atoms with Gasteiger partial charge in [0.25, 0.3) is 0 Å². The van der Waals surface area contributed by atoms with Crippen LogP contribution in [0.5, 0.6) is 0 Å². The van der Waals surface area contributed by atoms with E-state index in [4.69, 9.17) is 4.74 Å². The van der Waals surface area contributed by atoms with E-state index in [1.807, 2.05) is 38.1 Å². The lowest BCUT2D eigenvalue weighted by Crippen LogP contribution is -2.36. The number of nitrogens with zero attached hydrogens (tertiary/aromatic N) is 3. The minimum absolute atomic E-state index is 0.0485. The van der Waals surface area contributed by atoms with Crippen LogP contribution in [0.1, 0.15) is 20.3 Å². The molecule has 0 radical (unpaired) electrons. The van der Waals surface area contributed by atoms with Gasteiger partial charge in [0.05, 0.1) is 24.6 Å². The summed E-state index contributed by atoms with van der Waals surface area (Å²) in [7, 11) is 0. The van der Waals surface area contributed by atoms with Crippen LogP contribution < -0.4 is 15.5 Å². The Labute approximate surface area is 153 Å². The van der Waals surface area contributed by atoms with E-state index in [0.29, 0.717) is 24.0 Å². The first-order valence-corrected chi connectivity index (χ1v) is 8.94. The van der Waals surface area contributed by atoms with Crippen molar-refractivity contribution in [3.8, 4) is 0 Å². The van der Waals surface area contributed by atoms with Crippen LogP contribution in [0.25, 0.3) is 0 Å². The number of amides is 1. The van der Waals surface area contributed by atoms with Gasteiger partial charge in [-0.3, -0.25) is 4.79 Å². The van der Waals surface area contributed by atoms with E-state index >= 15 is 0 Å². The number of anilines is 4. The monoisotopic (exact) mass is 355 g/mol. The lowest BCUT2D eigenvalue weighted by molar-refractivity contribution is -0.116. The maximum absolute atomic E-state index is 11.8. The maximum Gasteiger partial charge on any atom is 0.225 e. The Kier molecular flexibility index (Phi) is 6.01. The highest BCUT2D eigenvalue weighted by Crippen LogP contribution is 2.28. The Balaban J connectivity index is 1.67. The summed E-state index contributed by atoms with van der Waals surface area (Å²) in [6, 6.07) is 11.7. The number of morpholine rings is 1. The van der Waals surface area contributed by atoms with Gasteiger partial charge in [-0.05, 0) is 30.2 Å². The molecule has 1 aliphatic heterocycles. The number of hydrogen-bond donors (Lipinski definition) is 2. The van der Waals surface area contributed by atoms with E-state index in [9.17, 15) is 4.79 Å². The van der Waals surface area contributed by atoms with Gasteiger partial charge >= 0.3 is 0 Å². The highest BCUT2D eigenvalue weighted by Gasteiger charge is 2.15. The first-order valence-electron chi connectivity index (χ1n) is 8.94. The lowest BCUT2D eigenvalue weighted by Gasteiger charge is -2.30. The largest absolute Gasteiger partial charge is 0.378 e. The van der Waals surface area contributed by atoms with Crippen molar-refractivity contribution in [3.63, 3.8) is 0 Å². The lowest BCUT2D eigenvalue weighted by atomic mass is 10.1. The molecule has 7 heteroatoms. The SMILES string of the molecule is CC(C)CC(=O)Nc1ccc(Nc2ccccc2N2CCOCC2)nn1. The number of para-hydroxylation sites is 2. The van der Waals surface area contributed by atoms with Crippen LogP contribution in [0, 0.1) is 5.92 Å². The van der Waals surface area contributed by atoms with E-state index in [0.717, 1.165) is 37.7 Å². The predicted molar refractivity (Wildman–Crippen MR) is 103 cm³/mol. The van der Waals surface area contributed by atoms with Gasteiger partial charge < -0.3 is 20.3 Å². The predicted octanol–water partition coefficient (Wildman–Crippen LogP) is 3.04. The number of rotatable bonds is 6. The van der Waals surface area contributed by atoms with Crippen molar-refractivity contribution in [3.05, 3.63) is 36.4 Å². The molecule has 3 rings (SSSR count). The third kappa shape index (κ3) is 4.92. The van der Waals surface area contributed by atoms with Crippen molar-refractivity contribution in [2.45, 2.75) is 20.3 Å². The highest BCUT2D eigenvalue weighted by molar-refractivity contribution is 5.89.